The van der Waals surface area contributed by atoms with Gasteiger partial charge in [-0.15, -0.1) is 0 Å². The SMILES string of the molecule is Cc1cccc(C)c1NC(=O)C(c1ccccc1O)N(C(=O)C(C)NC(=O)OC(C)(C)C)C(C)C. The second-order valence-electron chi connectivity index (χ2n) is 9.92. The van der Waals surface area contributed by atoms with Crippen molar-refractivity contribution in [2.75, 3.05) is 5.32 Å². The van der Waals surface area contributed by atoms with Crippen LogP contribution in [0.5, 0.6) is 5.75 Å². The van der Waals surface area contributed by atoms with Gasteiger partial charge < -0.3 is 25.4 Å². The highest BCUT2D eigenvalue weighted by Crippen LogP contribution is 2.32. The van der Waals surface area contributed by atoms with Gasteiger partial charge in [0.1, 0.15) is 23.4 Å². The molecule has 0 aliphatic rings. The molecule has 0 aliphatic carbocycles. The molecule has 2 unspecified atom stereocenters. The van der Waals surface area contributed by atoms with Gasteiger partial charge in [-0.05, 0) is 72.6 Å². The number of alkyl carbamates (subject to hydrolysis) is 1. The van der Waals surface area contributed by atoms with Gasteiger partial charge in [-0.2, -0.15) is 0 Å². The molecule has 0 aromatic heterocycles. The Bertz CT molecular complexity index is 1050. The van der Waals surface area contributed by atoms with Crippen LogP contribution >= 0.6 is 0 Å². The number of anilines is 1. The van der Waals surface area contributed by atoms with Gasteiger partial charge in [-0.25, -0.2) is 4.79 Å². The van der Waals surface area contributed by atoms with Gasteiger partial charge in [0.25, 0.3) is 5.91 Å². The zero-order valence-electron chi connectivity index (χ0n) is 21.8. The van der Waals surface area contributed by atoms with Crippen LogP contribution in [0.15, 0.2) is 42.5 Å². The van der Waals surface area contributed by atoms with Gasteiger partial charge in [-0.1, -0.05) is 36.4 Å². The van der Waals surface area contributed by atoms with Gasteiger partial charge in [0.15, 0.2) is 0 Å². The first kappa shape index (κ1) is 27.7. The Kier molecular flexibility index (Phi) is 8.90. The van der Waals surface area contributed by atoms with Crippen molar-refractivity contribution >= 4 is 23.6 Å². The number of ether oxygens (including phenoxy) is 1. The Hall–Kier alpha value is -3.55. The number of aryl methyl sites for hydroxylation is 2. The average Bonchev–Trinajstić information content (AvgIpc) is 2.73. The van der Waals surface area contributed by atoms with Crippen LogP contribution in [-0.4, -0.2) is 45.6 Å². The van der Waals surface area contributed by atoms with Crippen LogP contribution in [0.4, 0.5) is 10.5 Å². The monoisotopic (exact) mass is 483 g/mol. The summed E-state index contributed by atoms with van der Waals surface area (Å²) in [4.78, 5) is 41.0. The molecular weight excluding hydrogens is 446 g/mol. The predicted molar refractivity (Wildman–Crippen MR) is 136 cm³/mol. The van der Waals surface area contributed by atoms with Crippen LogP contribution in [-0.2, 0) is 14.3 Å². The number of benzene rings is 2. The van der Waals surface area contributed by atoms with Crippen LogP contribution in [0.1, 0.15) is 64.3 Å². The predicted octanol–water partition coefficient (Wildman–Crippen LogP) is 4.84. The Morgan fingerprint density at radius 2 is 1.51 bits per heavy atom. The van der Waals surface area contributed by atoms with E-state index in [1.54, 1.807) is 52.8 Å². The molecular formula is C27H37N3O5. The molecule has 3 N–H and O–H groups in total. The Morgan fingerprint density at radius 3 is 2.03 bits per heavy atom. The largest absolute Gasteiger partial charge is 0.508 e. The molecule has 0 aliphatic heterocycles. The first-order chi connectivity index (χ1) is 16.2. The summed E-state index contributed by atoms with van der Waals surface area (Å²) in [6.45, 7) is 14.0. The highest BCUT2D eigenvalue weighted by molar-refractivity contribution is 6.00. The van der Waals surface area contributed by atoms with E-state index >= 15 is 0 Å². The zero-order valence-corrected chi connectivity index (χ0v) is 21.8. The molecule has 8 heteroatoms. The Balaban J connectivity index is 2.47. The van der Waals surface area contributed by atoms with Crippen molar-refractivity contribution in [3.8, 4) is 5.75 Å². The first-order valence-corrected chi connectivity index (χ1v) is 11.7. The molecule has 0 bridgehead atoms. The highest BCUT2D eigenvalue weighted by atomic mass is 16.6. The van der Waals surface area contributed by atoms with Gasteiger partial charge >= 0.3 is 6.09 Å². The molecule has 2 atom stereocenters. The van der Waals surface area contributed by atoms with E-state index in [9.17, 15) is 19.5 Å². The number of phenols is 1. The number of rotatable bonds is 7. The molecule has 0 saturated carbocycles. The van der Waals surface area contributed by atoms with E-state index < -0.39 is 41.6 Å². The molecule has 35 heavy (non-hydrogen) atoms. The molecule has 8 nitrogen and oxygen atoms in total. The van der Waals surface area contributed by atoms with E-state index in [-0.39, 0.29) is 11.3 Å². The molecule has 0 heterocycles. The van der Waals surface area contributed by atoms with E-state index in [1.165, 1.54) is 17.9 Å². The number of para-hydroxylation sites is 2. The minimum Gasteiger partial charge on any atom is -0.508 e. The van der Waals surface area contributed by atoms with Crippen molar-refractivity contribution in [3.05, 3.63) is 59.2 Å². The lowest BCUT2D eigenvalue weighted by molar-refractivity contribution is -0.142. The van der Waals surface area contributed by atoms with Gasteiger partial charge in [0.2, 0.25) is 5.91 Å². The van der Waals surface area contributed by atoms with Crippen molar-refractivity contribution in [1.82, 2.24) is 10.2 Å². The maximum absolute atomic E-state index is 13.7. The number of amides is 3. The molecule has 190 valence electrons. The molecule has 2 aromatic rings. The first-order valence-electron chi connectivity index (χ1n) is 11.7. The highest BCUT2D eigenvalue weighted by Gasteiger charge is 2.37. The Labute approximate surface area is 207 Å². The van der Waals surface area contributed by atoms with Gasteiger partial charge in [0, 0.05) is 17.3 Å². The lowest BCUT2D eigenvalue weighted by Crippen LogP contribution is -2.53. The second-order valence-corrected chi connectivity index (χ2v) is 9.92. The summed E-state index contributed by atoms with van der Waals surface area (Å²) in [5.41, 5.74) is 1.94. The fourth-order valence-electron chi connectivity index (χ4n) is 3.79. The summed E-state index contributed by atoms with van der Waals surface area (Å²) in [6.07, 6.45) is -0.735. The maximum Gasteiger partial charge on any atom is 0.408 e. The van der Waals surface area contributed by atoms with Crippen LogP contribution in [0.25, 0.3) is 0 Å². The fraction of sp³-hybridized carbons (Fsp3) is 0.444. The fourth-order valence-corrected chi connectivity index (χ4v) is 3.79. The summed E-state index contributed by atoms with van der Waals surface area (Å²) in [6, 6.07) is 9.53. The van der Waals surface area contributed by atoms with Crippen molar-refractivity contribution in [2.24, 2.45) is 0 Å². The summed E-state index contributed by atoms with van der Waals surface area (Å²) >= 11 is 0. The van der Waals surface area contributed by atoms with Crippen LogP contribution < -0.4 is 10.6 Å². The molecule has 0 saturated heterocycles. The minimum atomic E-state index is -1.15. The number of phenolic OH excluding ortho intramolecular Hbond substituents is 1. The van der Waals surface area contributed by atoms with Gasteiger partial charge in [-0.3, -0.25) is 9.59 Å². The van der Waals surface area contributed by atoms with E-state index in [0.717, 1.165) is 11.1 Å². The molecule has 0 spiro atoms. The molecule has 0 radical (unpaired) electrons. The van der Waals surface area contributed by atoms with Crippen molar-refractivity contribution in [1.29, 1.82) is 0 Å². The summed E-state index contributed by atoms with van der Waals surface area (Å²) in [7, 11) is 0. The number of aromatic hydroxyl groups is 1. The average molecular weight is 484 g/mol. The third-order valence-electron chi connectivity index (χ3n) is 5.40. The van der Waals surface area contributed by atoms with Crippen LogP contribution in [0.3, 0.4) is 0 Å². The zero-order chi connectivity index (χ0) is 26.5. The van der Waals surface area contributed by atoms with Crippen LogP contribution in [0, 0.1) is 13.8 Å². The Morgan fingerprint density at radius 1 is 0.943 bits per heavy atom. The van der Waals surface area contributed by atoms with Crippen molar-refractivity contribution in [2.45, 2.75) is 79.1 Å². The maximum atomic E-state index is 13.7. The van der Waals surface area contributed by atoms with E-state index in [4.69, 9.17) is 4.74 Å². The summed E-state index contributed by atoms with van der Waals surface area (Å²) in [5.74, 6) is -1.08. The summed E-state index contributed by atoms with van der Waals surface area (Å²) in [5, 5.41) is 16.1. The third kappa shape index (κ3) is 7.21. The minimum absolute atomic E-state index is 0.111. The van der Waals surface area contributed by atoms with Crippen molar-refractivity contribution < 1.29 is 24.2 Å². The standard InChI is InChI=1S/C27H37N3O5/c1-16(2)30(25(33)19(5)28-26(34)35-27(6,7)8)23(20-14-9-10-15-21(20)31)24(32)29-22-17(3)12-11-13-18(22)4/h9-16,19,23,31H,1-8H3,(H,28,34)(H,29,32). The number of carbonyl (C=O) groups is 3. The van der Waals surface area contributed by atoms with E-state index in [1.807, 2.05) is 32.0 Å². The van der Waals surface area contributed by atoms with Crippen molar-refractivity contribution in [3.63, 3.8) is 0 Å². The number of hydrogen-bond donors (Lipinski definition) is 3. The quantitative estimate of drug-likeness (QED) is 0.522. The summed E-state index contributed by atoms with van der Waals surface area (Å²) < 4.78 is 5.28. The molecule has 2 rings (SSSR count). The molecule has 0 fully saturated rings. The van der Waals surface area contributed by atoms with Gasteiger partial charge in [0.05, 0.1) is 0 Å². The smallest absolute Gasteiger partial charge is 0.408 e. The number of hydrogen-bond acceptors (Lipinski definition) is 5. The van der Waals surface area contributed by atoms with Crippen LogP contribution in [0.2, 0.25) is 0 Å². The number of nitrogens with zero attached hydrogens (tertiary/aromatic N) is 1. The lowest BCUT2D eigenvalue weighted by atomic mass is 9.99. The lowest BCUT2D eigenvalue weighted by Gasteiger charge is -2.36. The number of nitrogens with one attached hydrogen (secondary N) is 2. The second kappa shape index (κ2) is 11.3. The van der Waals surface area contributed by atoms with E-state index in [0.29, 0.717) is 5.69 Å². The number of carbonyl (C=O) groups excluding carboxylic acids is 3. The molecule has 3 amide bonds. The third-order valence-corrected chi connectivity index (χ3v) is 5.40. The van der Waals surface area contributed by atoms with E-state index in [2.05, 4.69) is 10.6 Å². The molecule has 2 aromatic carbocycles. The topological polar surface area (TPSA) is 108 Å². The normalized spacial score (nSPS) is 13.1.